The van der Waals surface area contributed by atoms with Gasteiger partial charge in [-0.25, -0.2) is 4.79 Å². The van der Waals surface area contributed by atoms with E-state index in [1.807, 2.05) is 23.4 Å². The topological polar surface area (TPSA) is 59.4 Å². The Balaban J connectivity index is 1.79. The molecule has 6 heteroatoms. The Morgan fingerprint density at radius 1 is 1.57 bits per heavy atom. The average molecular weight is 294 g/mol. The number of nitrogens with zero attached hydrogens (tertiary/aromatic N) is 3. The van der Waals surface area contributed by atoms with Crippen LogP contribution >= 0.6 is 0 Å². The molecule has 2 atom stereocenters. The molecule has 2 heterocycles. The first-order valence-electron chi connectivity index (χ1n) is 7.60. The average Bonchev–Trinajstić information content (AvgIpc) is 2.74. The van der Waals surface area contributed by atoms with Gasteiger partial charge in [0.15, 0.2) is 0 Å². The van der Waals surface area contributed by atoms with Crippen LogP contribution in [0.1, 0.15) is 25.2 Å². The van der Waals surface area contributed by atoms with E-state index in [1.54, 1.807) is 0 Å². The molecule has 2 amide bonds. The maximum Gasteiger partial charge on any atom is 0.317 e. The quantitative estimate of drug-likeness (QED) is 0.917. The van der Waals surface area contributed by atoms with E-state index < -0.39 is 0 Å². The van der Waals surface area contributed by atoms with E-state index in [-0.39, 0.29) is 12.1 Å². The normalized spacial score (nSPS) is 20.4. The van der Waals surface area contributed by atoms with Crippen molar-refractivity contribution >= 4 is 6.03 Å². The van der Waals surface area contributed by atoms with Crippen LogP contribution in [0.2, 0.25) is 0 Å². The van der Waals surface area contributed by atoms with E-state index >= 15 is 0 Å². The van der Waals surface area contributed by atoms with Crippen LogP contribution in [-0.2, 0) is 11.3 Å². The second-order valence-electron chi connectivity index (χ2n) is 6.02. The molecule has 1 saturated heterocycles. The maximum atomic E-state index is 12.2. The number of aromatic nitrogens is 2. The van der Waals surface area contributed by atoms with E-state index in [2.05, 4.69) is 30.3 Å². The van der Waals surface area contributed by atoms with Crippen LogP contribution in [0, 0.1) is 19.8 Å². The predicted molar refractivity (Wildman–Crippen MR) is 81.3 cm³/mol. The molecule has 1 aliphatic heterocycles. The minimum absolute atomic E-state index is 0.00557. The van der Waals surface area contributed by atoms with Crippen LogP contribution in [0.3, 0.4) is 0 Å². The first-order valence-corrected chi connectivity index (χ1v) is 7.60. The van der Waals surface area contributed by atoms with Crippen molar-refractivity contribution in [2.75, 3.05) is 26.3 Å². The molecule has 118 valence electrons. The van der Waals surface area contributed by atoms with E-state index in [1.165, 1.54) is 0 Å². The summed E-state index contributed by atoms with van der Waals surface area (Å²) >= 11 is 0. The highest BCUT2D eigenvalue weighted by molar-refractivity contribution is 5.74. The molecule has 0 aliphatic carbocycles. The maximum absolute atomic E-state index is 12.2. The molecule has 0 saturated carbocycles. The molecule has 0 unspecified atom stereocenters. The molecule has 6 nitrogen and oxygen atoms in total. The molecule has 21 heavy (non-hydrogen) atoms. The van der Waals surface area contributed by atoms with Gasteiger partial charge in [0.2, 0.25) is 0 Å². The van der Waals surface area contributed by atoms with Crippen LogP contribution in [0.5, 0.6) is 0 Å². The lowest BCUT2D eigenvalue weighted by Crippen LogP contribution is -2.51. The Labute approximate surface area is 126 Å². The van der Waals surface area contributed by atoms with Crippen LogP contribution in [0.4, 0.5) is 4.79 Å². The molecule has 0 radical (unpaired) electrons. The molecule has 1 N–H and O–H groups in total. The second kappa shape index (κ2) is 6.93. The van der Waals surface area contributed by atoms with Crippen molar-refractivity contribution in [1.82, 2.24) is 20.0 Å². The number of nitrogens with one attached hydrogen (secondary N) is 1. The van der Waals surface area contributed by atoms with Gasteiger partial charge in [-0.3, -0.25) is 4.68 Å². The van der Waals surface area contributed by atoms with Gasteiger partial charge in [-0.15, -0.1) is 0 Å². The largest absolute Gasteiger partial charge is 0.377 e. The van der Waals surface area contributed by atoms with E-state index in [9.17, 15) is 4.79 Å². The fourth-order valence-electron chi connectivity index (χ4n) is 2.61. The third kappa shape index (κ3) is 4.20. The molecule has 1 aliphatic rings. The van der Waals surface area contributed by atoms with Crippen molar-refractivity contribution in [1.29, 1.82) is 0 Å². The monoisotopic (exact) mass is 294 g/mol. The van der Waals surface area contributed by atoms with Crippen LogP contribution in [0.15, 0.2) is 6.07 Å². The van der Waals surface area contributed by atoms with Crippen molar-refractivity contribution in [2.45, 2.75) is 40.3 Å². The summed E-state index contributed by atoms with van der Waals surface area (Å²) in [6.07, 6.45) is 0. The van der Waals surface area contributed by atoms with E-state index in [0.29, 0.717) is 32.2 Å². The summed E-state index contributed by atoms with van der Waals surface area (Å²) in [6.45, 7) is 11.6. The van der Waals surface area contributed by atoms with Gasteiger partial charge < -0.3 is 15.0 Å². The highest BCUT2D eigenvalue weighted by Gasteiger charge is 2.23. The summed E-state index contributed by atoms with van der Waals surface area (Å²) in [5.74, 6) is 0.336. The number of hydrogen-bond acceptors (Lipinski definition) is 3. The van der Waals surface area contributed by atoms with Gasteiger partial charge in [-0.1, -0.05) is 6.92 Å². The summed E-state index contributed by atoms with van der Waals surface area (Å²) in [7, 11) is 0. The number of rotatable bonds is 4. The smallest absolute Gasteiger partial charge is 0.317 e. The van der Waals surface area contributed by atoms with Gasteiger partial charge in [0.05, 0.1) is 24.9 Å². The molecule has 0 aromatic carbocycles. The molecule has 0 spiro atoms. The molecule has 0 bridgehead atoms. The SMILES string of the molecule is Cc1cc(C)n(C[C@H](C)CNC(=O)N2CCOC[C@@H]2C)n1. The molecule has 2 rings (SSSR count). The first-order chi connectivity index (χ1) is 9.97. The number of morpholine rings is 1. The van der Waals surface area contributed by atoms with Gasteiger partial charge in [-0.05, 0) is 32.8 Å². The minimum Gasteiger partial charge on any atom is -0.377 e. The number of carbonyl (C=O) groups is 1. The van der Waals surface area contributed by atoms with Gasteiger partial charge in [-0.2, -0.15) is 5.10 Å². The highest BCUT2D eigenvalue weighted by atomic mass is 16.5. The summed E-state index contributed by atoms with van der Waals surface area (Å²) in [5.41, 5.74) is 2.19. The Morgan fingerprint density at radius 3 is 2.95 bits per heavy atom. The van der Waals surface area contributed by atoms with E-state index in [0.717, 1.165) is 17.9 Å². The summed E-state index contributed by atoms with van der Waals surface area (Å²) in [6, 6.07) is 2.22. The van der Waals surface area contributed by atoms with Gasteiger partial charge in [0.25, 0.3) is 0 Å². The van der Waals surface area contributed by atoms with Crippen molar-refractivity contribution in [3.63, 3.8) is 0 Å². The Bertz CT molecular complexity index is 486. The number of urea groups is 1. The third-order valence-corrected chi connectivity index (χ3v) is 3.82. The van der Waals surface area contributed by atoms with Crippen LogP contribution in [-0.4, -0.2) is 53.1 Å². The Kier molecular flexibility index (Phi) is 5.22. The van der Waals surface area contributed by atoms with Gasteiger partial charge in [0.1, 0.15) is 0 Å². The summed E-state index contributed by atoms with van der Waals surface area (Å²) in [5, 5.41) is 7.48. The van der Waals surface area contributed by atoms with Crippen molar-refractivity contribution in [3.05, 3.63) is 17.5 Å². The zero-order valence-corrected chi connectivity index (χ0v) is 13.4. The van der Waals surface area contributed by atoms with E-state index in [4.69, 9.17) is 4.74 Å². The summed E-state index contributed by atoms with van der Waals surface area (Å²) < 4.78 is 7.35. The first kappa shape index (κ1) is 15.8. The number of amides is 2. The Hall–Kier alpha value is -1.56. The molecular weight excluding hydrogens is 268 g/mol. The lowest BCUT2D eigenvalue weighted by Gasteiger charge is -2.33. The summed E-state index contributed by atoms with van der Waals surface area (Å²) in [4.78, 5) is 14.0. The predicted octanol–water partition coefficient (Wildman–Crippen LogP) is 1.57. The van der Waals surface area contributed by atoms with Gasteiger partial charge in [0, 0.05) is 25.3 Å². The molecular formula is C15H26N4O2. The number of hydrogen-bond donors (Lipinski definition) is 1. The Morgan fingerprint density at radius 2 is 2.33 bits per heavy atom. The lowest BCUT2D eigenvalue weighted by atomic mass is 10.2. The standard InChI is InChI=1S/C15H26N4O2/c1-11(9-19-13(3)7-12(2)17-19)8-16-15(20)18-5-6-21-10-14(18)4/h7,11,14H,5-6,8-10H2,1-4H3,(H,16,20)/t11-,14+/m1/s1. The number of aryl methyl sites for hydroxylation is 2. The van der Waals surface area contributed by atoms with Crippen LogP contribution < -0.4 is 5.32 Å². The van der Waals surface area contributed by atoms with Crippen molar-refractivity contribution in [3.8, 4) is 0 Å². The zero-order chi connectivity index (χ0) is 15.4. The fraction of sp³-hybridized carbons (Fsp3) is 0.733. The van der Waals surface area contributed by atoms with Crippen LogP contribution in [0.25, 0.3) is 0 Å². The molecule has 1 fully saturated rings. The second-order valence-corrected chi connectivity index (χ2v) is 6.02. The minimum atomic E-state index is 0.00557. The molecule has 1 aromatic heterocycles. The lowest BCUT2D eigenvalue weighted by molar-refractivity contribution is 0.0188. The fourth-order valence-corrected chi connectivity index (χ4v) is 2.61. The third-order valence-electron chi connectivity index (χ3n) is 3.82. The number of carbonyl (C=O) groups excluding carboxylic acids is 1. The van der Waals surface area contributed by atoms with Crippen molar-refractivity contribution in [2.24, 2.45) is 5.92 Å². The molecule has 1 aromatic rings. The number of ether oxygens (including phenoxy) is 1. The zero-order valence-electron chi connectivity index (χ0n) is 13.4. The highest BCUT2D eigenvalue weighted by Crippen LogP contribution is 2.08. The van der Waals surface area contributed by atoms with Crippen molar-refractivity contribution < 1.29 is 9.53 Å². The van der Waals surface area contributed by atoms with Gasteiger partial charge >= 0.3 is 6.03 Å².